The topological polar surface area (TPSA) is 51.2 Å². The first-order chi connectivity index (χ1) is 12.7. The van der Waals surface area contributed by atoms with E-state index in [4.69, 9.17) is 0 Å². The summed E-state index contributed by atoms with van der Waals surface area (Å²) < 4.78 is 0. The number of nitrogens with one attached hydrogen (secondary N) is 1. The van der Waals surface area contributed by atoms with E-state index in [1.54, 1.807) is 7.05 Å². The second-order valence-electron chi connectivity index (χ2n) is 7.19. The molecule has 27 heavy (non-hydrogen) atoms. The molecule has 1 N–H and O–H groups in total. The van der Waals surface area contributed by atoms with E-state index in [0.717, 1.165) is 32.1 Å². The molecule has 0 spiro atoms. The van der Waals surface area contributed by atoms with Crippen LogP contribution in [0.1, 0.15) is 18.4 Å². The standard InChI is InChI=1S/C20H27N5O.HI/c1-21-20(24-11-12-25(17-7-8-17)19(26)15-24)22-14-16-5-4-6-18(13-16)23-9-2-3-10-23;/h2-6,13,17H,7-12,14-15H2,1H3,(H,21,22);1H. The quantitative estimate of drug-likeness (QED) is 0.310. The molecule has 0 unspecified atom stereocenters. The van der Waals surface area contributed by atoms with Gasteiger partial charge >= 0.3 is 0 Å². The fraction of sp³-hybridized carbons (Fsp3) is 0.500. The molecule has 0 atom stereocenters. The SMILES string of the molecule is CN=C(NCc1cccc(N2CC=CC2)c1)N1CCN(C2CC2)C(=O)C1.I. The van der Waals surface area contributed by atoms with E-state index >= 15 is 0 Å². The molecule has 2 fully saturated rings. The number of hydrogen-bond acceptors (Lipinski definition) is 3. The number of amides is 1. The van der Waals surface area contributed by atoms with Crippen LogP contribution in [0, 0.1) is 0 Å². The van der Waals surface area contributed by atoms with E-state index in [1.165, 1.54) is 24.1 Å². The molecular formula is C20H28IN5O. The Hall–Kier alpha value is -1.77. The van der Waals surface area contributed by atoms with Crippen molar-refractivity contribution in [1.29, 1.82) is 0 Å². The summed E-state index contributed by atoms with van der Waals surface area (Å²) in [5.41, 5.74) is 2.47. The maximum atomic E-state index is 12.4. The first-order valence-electron chi connectivity index (χ1n) is 9.48. The number of rotatable bonds is 4. The van der Waals surface area contributed by atoms with Crippen LogP contribution in [-0.2, 0) is 11.3 Å². The lowest BCUT2D eigenvalue weighted by atomic mass is 10.2. The van der Waals surface area contributed by atoms with Gasteiger partial charge in [-0.25, -0.2) is 0 Å². The van der Waals surface area contributed by atoms with Gasteiger partial charge in [0.25, 0.3) is 0 Å². The zero-order valence-electron chi connectivity index (χ0n) is 15.8. The predicted molar refractivity (Wildman–Crippen MR) is 120 cm³/mol. The van der Waals surface area contributed by atoms with Gasteiger partial charge in [-0.05, 0) is 30.5 Å². The summed E-state index contributed by atoms with van der Waals surface area (Å²) in [4.78, 5) is 23.2. The van der Waals surface area contributed by atoms with Crippen LogP contribution >= 0.6 is 24.0 Å². The maximum absolute atomic E-state index is 12.4. The number of anilines is 1. The molecule has 2 aliphatic heterocycles. The number of guanidine groups is 1. The summed E-state index contributed by atoms with van der Waals surface area (Å²) in [5, 5.41) is 3.42. The second kappa shape index (κ2) is 8.95. The third kappa shape index (κ3) is 4.75. The van der Waals surface area contributed by atoms with Crippen LogP contribution in [-0.4, -0.2) is 67.5 Å². The molecule has 1 saturated carbocycles. The lowest BCUT2D eigenvalue weighted by Gasteiger charge is -2.36. The number of carbonyl (C=O) groups excluding carboxylic acids is 1. The van der Waals surface area contributed by atoms with E-state index in [1.807, 2.05) is 4.90 Å². The molecule has 0 bridgehead atoms. The smallest absolute Gasteiger partial charge is 0.242 e. The Morgan fingerprint density at radius 2 is 2.00 bits per heavy atom. The molecule has 4 rings (SSSR count). The van der Waals surface area contributed by atoms with Crippen LogP contribution in [0.2, 0.25) is 0 Å². The van der Waals surface area contributed by atoms with Crippen LogP contribution in [0.3, 0.4) is 0 Å². The summed E-state index contributed by atoms with van der Waals surface area (Å²) >= 11 is 0. The van der Waals surface area contributed by atoms with Crippen molar-refractivity contribution in [2.24, 2.45) is 4.99 Å². The van der Waals surface area contributed by atoms with E-state index in [-0.39, 0.29) is 29.9 Å². The Bertz CT molecular complexity index is 723. The molecule has 1 aromatic carbocycles. The van der Waals surface area contributed by atoms with Crippen molar-refractivity contribution in [3.05, 3.63) is 42.0 Å². The van der Waals surface area contributed by atoms with Crippen LogP contribution in [0.25, 0.3) is 0 Å². The highest BCUT2D eigenvalue weighted by Gasteiger charge is 2.36. The number of halogens is 1. The van der Waals surface area contributed by atoms with E-state index in [9.17, 15) is 4.79 Å². The number of hydrogen-bond donors (Lipinski definition) is 1. The maximum Gasteiger partial charge on any atom is 0.242 e. The van der Waals surface area contributed by atoms with Crippen LogP contribution < -0.4 is 10.2 Å². The molecule has 7 heteroatoms. The summed E-state index contributed by atoms with van der Waals surface area (Å²) in [6, 6.07) is 9.11. The van der Waals surface area contributed by atoms with Gasteiger partial charge in [0.2, 0.25) is 5.91 Å². The molecule has 0 aromatic heterocycles. The van der Waals surface area contributed by atoms with E-state index < -0.39 is 0 Å². The highest BCUT2D eigenvalue weighted by Crippen LogP contribution is 2.28. The summed E-state index contributed by atoms with van der Waals surface area (Å²) in [7, 11) is 1.78. The molecule has 3 aliphatic rings. The fourth-order valence-electron chi connectivity index (χ4n) is 3.70. The van der Waals surface area contributed by atoms with Crippen molar-refractivity contribution in [2.75, 3.05) is 44.7 Å². The van der Waals surface area contributed by atoms with Crippen molar-refractivity contribution in [2.45, 2.75) is 25.4 Å². The van der Waals surface area contributed by atoms with Crippen LogP contribution in [0.15, 0.2) is 41.4 Å². The first kappa shape index (κ1) is 20.0. The Morgan fingerprint density at radius 1 is 1.22 bits per heavy atom. The monoisotopic (exact) mass is 481 g/mol. The fourth-order valence-corrected chi connectivity index (χ4v) is 3.70. The predicted octanol–water partition coefficient (Wildman–Crippen LogP) is 2.06. The normalized spacial score (nSPS) is 20.1. The van der Waals surface area contributed by atoms with Gasteiger partial charge in [-0.15, -0.1) is 24.0 Å². The zero-order chi connectivity index (χ0) is 17.9. The molecular weight excluding hydrogens is 453 g/mol. The van der Waals surface area contributed by atoms with Crippen molar-refractivity contribution < 1.29 is 4.79 Å². The molecule has 1 amide bonds. The highest BCUT2D eigenvalue weighted by atomic mass is 127. The second-order valence-corrected chi connectivity index (χ2v) is 7.19. The number of piperazine rings is 1. The van der Waals surface area contributed by atoms with Gasteiger partial charge in [-0.2, -0.15) is 0 Å². The largest absolute Gasteiger partial charge is 0.364 e. The van der Waals surface area contributed by atoms with Gasteiger partial charge in [-0.3, -0.25) is 9.79 Å². The third-order valence-electron chi connectivity index (χ3n) is 5.30. The van der Waals surface area contributed by atoms with Crippen LogP contribution in [0.4, 0.5) is 5.69 Å². The minimum Gasteiger partial charge on any atom is -0.364 e. The zero-order valence-corrected chi connectivity index (χ0v) is 18.1. The average molecular weight is 481 g/mol. The van der Waals surface area contributed by atoms with Gasteiger partial charge in [0.1, 0.15) is 0 Å². The Balaban J connectivity index is 0.00000210. The summed E-state index contributed by atoms with van der Waals surface area (Å²) in [6.45, 7) is 4.75. The number of aliphatic imine (C=N–C) groups is 1. The molecule has 1 aliphatic carbocycles. The molecule has 0 radical (unpaired) electrons. The van der Waals surface area contributed by atoms with Gasteiger partial charge in [-0.1, -0.05) is 24.3 Å². The lowest BCUT2D eigenvalue weighted by Crippen LogP contribution is -2.55. The Kier molecular flexibility index (Phi) is 6.62. The van der Waals surface area contributed by atoms with Crippen molar-refractivity contribution >= 4 is 41.5 Å². The van der Waals surface area contributed by atoms with Crippen molar-refractivity contribution in [1.82, 2.24) is 15.1 Å². The minimum atomic E-state index is 0. The molecule has 1 saturated heterocycles. The number of benzene rings is 1. The van der Waals surface area contributed by atoms with Gasteiger partial charge in [0.15, 0.2) is 5.96 Å². The summed E-state index contributed by atoms with van der Waals surface area (Å²) in [6.07, 6.45) is 6.74. The molecule has 6 nitrogen and oxygen atoms in total. The molecule has 146 valence electrons. The molecule has 1 aromatic rings. The minimum absolute atomic E-state index is 0. The van der Waals surface area contributed by atoms with E-state index in [0.29, 0.717) is 19.1 Å². The van der Waals surface area contributed by atoms with E-state index in [2.05, 4.69) is 56.5 Å². The van der Waals surface area contributed by atoms with Gasteiger partial charge < -0.3 is 20.0 Å². The highest BCUT2D eigenvalue weighted by molar-refractivity contribution is 14.0. The number of carbonyl (C=O) groups is 1. The van der Waals surface area contributed by atoms with Gasteiger partial charge in [0.05, 0.1) is 6.54 Å². The Labute approximate surface area is 178 Å². The average Bonchev–Trinajstić information content (AvgIpc) is 3.35. The molecule has 2 heterocycles. The summed E-state index contributed by atoms with van der Waals surface area (Å²) in [5.74, 6) is 1.03. The lowest BCUT2D eigenvalue weighted by molar-refractivity contribution is -0.135. The first-order valence-corrected chi connectivity index (χ1v) is 9.48. The third-order valence-corrected chi connectivity index (χ3v) is 5.30. The van der Waals surface area contributed by atoms with Crippen molar-refractivity contribution in [3.63, 3.8) is 0 Å². The Morgan fingerprint density at radius 3 is 2.67 bits per heavy atom. The van der Waals surface area contributed by atoms with Gasteiger partial charge in [0, 0.05) is 51.5 Å². The van der Waals surface area contributed by atoms with Crippen LogP contribution in [0.5, 0.6) is 0 Å². The van der Waals surface area contributed by atoms with Crippen molar-refractivity contribution in [3.8, 4) is 0 Å². The number of nitrogens with zero attached hydrogens (tertiary/aromatic N) is 4.